The van der Waals surface area contributed by atoms with Crippen molar-refractivity contribution in [2.45, 2.75) is 64.1 Å². The molecule has 30 heavy (non-hydrogen) atoms. The van der Waals surface area contributed by atoms with E-state index in [2.05, 4.69) is 27.8 Å². The number of nitrogens with one attached hydrogen (secondary N) is 2. The van der Waals surface area contributed by atoms with Crippen molar-refractivity contribution in [2.24, 2.45) is 13.0 Å². The Morgan fingerprint density at radius 3 is 2.67 bits per heavy atom. The van der Waals surface area contributed by atoms with Gasteiger partial charge in [-0.05, 0) is 44.2 Å². The van der Waals surface area contributed by atoms with E-state index >= 15 is 0 Å². The van der Waals surface area contributed by atoms with E-state index in [0.29, 0.717) is 22.7 Å². The molecule has 1 aromatic heterocycles. The molecular weight excluding hydrogens is 398 g/mol. The molecule has 2 atom stereocenters. The predicted molar refractivity (Wildman–Crippen MR) is 120 cm³/mol. The molecule has 162 valence electrons. The van der Waals surface area contributed by atoms with E-state index in [9.17, 15) is 9.59 Å². The quantitative estimate of drug-likeness (QED) is 0.659. The number of benzene rings is 1. The average molecular weight is 430 g/mol. The van der Waals surface area contributed by atoms with Crippen LogP contribution in [0.25, 0.3) is 0 Å². The SMILES string of the molecule is Cc1ccc(NC(=O)Cc2nnc(SCC(=O)N[C@@H]3CCCC[C@@H]3C)n2C)c(C)c1. The standard InChI is InChI=1S/C22H31N5O2S/c1-14-9-10-18(16(3)11-14)23-20(28)12-19-25-26-22(27(19)4)30-13-21(29)24-17-8-6-5-7-15(17)2/h9-11,15,17H,5-8,12-13H2,1-4H3,(H,23,28)(H,24,29)/t15-,17+/m0/s1. The minimum atomic E-state index is -0.141. The van der Waals surface area contributed by atoms with E-state index in [-0.39, 0.29) is 24.3 Å². The van der Waals surface area contributed by atoms with Gasteiger partial charge in [-0.25, -0.2) is 0 Å². The molecule has 1 aliphatic rings. The zero-order valence-corrected chi connectivity index (χ0v) is 19.0. The summed E-state index contributed by atoms with van der Waals surface area (Å²) in [6, 6.07) is 6.19. The van der Waals surface area contributed by atoms with Crippen LogP contribution in [-0.2, 0) is 23.1 Å². The molecule has 1 heterocycles. The number of aryl methyl sites for hydroxylation is 2. The minimum absolute atomic E-state index is 0.0240. The predicted octanol–water partition coefficient (Wildman–Crippen LogP) is 3.40. The maximum atomic E-state index is 12.4. The van der Waals surface area contributed by atoms with Gasteiger partial charge in [0.25, 0.3) is 0 Å². The van der Waals surface area contributed by atoms with Crippen LogP contribution < -0.4 is 10.6 Å². The summed E-state index contributed by atoms with van der Waals surface area (Å²) < 4.78 is 1.78. The molecule has 2 amide bonds. The Morgan fingerprint density at radius 1 is 1.17 bits per heavy atom. The highest BCUT2D eigenvalue weighted by Crippen LogP contribution is 2.24. The Morgan fingerprint density at radius 2 is 1.93 bits per heavy atom. The number of thioether (sulfide) groups is 1. The Kier molecular flexibility index (Phi) is 7.53. The van der Waals surface area contributed by atoms with Gasteiger partial charge in [0, 0.05) is 18.8 Å². The summed E-state index contributed by atoms with van der Waals surface area (Å²) in [7, 11) is 1.82. The fourth-order valence-corrected chi connectivity index (χ4v) is 4.57. The first-order chi connectivity index (χ1) is 14.3. The van der Waals surface area contributed by atoms with Crippen molar-refractivity contribution in [1.82, 2.24) is 20.1 Å². The molecule has 0 radical (unpaired) electrons. The van der Waals surface area contributed by atoms with E-state index in [1.807, 2.05) is 39.1 Å². The third-order valence-corrected chi connectivity index (χ3v) is 6.71. The summed E-state index contributed by atoms with van der Waals surface area (Å²) in [5, 5.41) is 15.0. The normalized spacial score (nSPS) is 18.8. The molecule has 8 heteroatoms. The second kappa shape index (κ2) is 10.1. The lowest BCUT2D eigenvalue weighted by Crippen LogP contribution is -2.41. The van der Waals surface area contributed by atoms with Gasteiger partial charge >= 0.3 is 0 Å². The van der Waals surface area contributed by atoms with Gasteiger partial charge < -0.3 is 15.2 Å². The van der Waals surface area contributed by atoms with Crippen molar-refractivity contribution in [3.05, 3.63) is 35.2 Å². The van der Waals surface area contributed by atoms with Gasteiger partial charge in [-0.15, -0.1) is 10.2 Å². The van der Waals surface area contributed by atoms with Gasteiger partial charge in [-0.2, -0.15) is 0 Å². The summed E-state index contributed by atoms with van der Waals surface area (Å²) in [5.74, 6) is 1.28. The number of carbonyl (C=O) groups is 2. The molecule has 2 N–H and O–H groups in total. The van der Waals surface area contributed by atoms with Crippen molar-refractivity contribution < 1.29 is 9.59 Å². The summed E-state index contributed by atoms with van der Waals surface area (Å²) in [5.41, 5.74) is 2.98. The average Bonchev–Trinajstić information content (AvgIpc) is 3.04. The highest BCUT2D eigenvalue weighted by molar-refractivity contribution is 7.99. The summed E-state index contributed by atoms with van der Waals surface area (Å²) in [6.07, 6.45) is 4.79. The van der Waals surface area contributed by atoms with E-state index in [0.717, 1.165) is 23.2 Å². The third-order valence-electron chi connectivity index (χ3n) is 5.69. The van der Waals surface area contributed by atoms with Gasteiger partial charge in [-0.1, -0.05) is 49.2 Å². The lowest BCUT2D eigenvalue weighted by molar-refractivity contribution is -0.120. The number of nitrogens with zero attached hydrogens (tertiary/aromatic N) is 3. The van der Waals surface area contributed by atoms with Crippen LogP contribution in [0, 0.1) is 19.8 Å². The highest BCUT2D eigenvalue weighted by atomic mass is 32.2. The van der Waals surface area contributed by atoms with Gasteiger partial charge in [0.2, 0.25) is 11.8 Å². The number of carbonyl (C=O) groups excluding carboxylic acids is 2. The third kappa shape index (κ3) is 5.84. The van der Waals surface area contributed by atoms with Crippen LogP contribution in [0.5, 0.6) is 0 Å². The molecule has 0 unspecified atom stereocenters. The Hall–Kier alpha value is -2.35. The first kappa shape index (κ1) is 22.3. The lowest BCUT2D eigenvalue weighted by atomic mass is 9.86. The van der Waals surface area contributed by atoms with E-state index < -0.39 is 0 Å². The first-order valence-corrected chi connectivity index (χ1v) is 11.5. The first-order valence-electron chi connectivity index (χ1n) is 10.5. The second-order valence-corrected chi connectivity index (χ2v) is 9.17. The van der Waals surface area contributed by atoms with Crippen LogP contribution in [0.4, 0.5) is 5.69 Å². The smallest absolute Gasteiger partial charge is 0.232 e. The van der Waals surface area contributed by atoms with Gasteiger partial charge in [-0.3, -0.25) is 9.59 Å². The minimum Gasteiger partial charge on any atom is -0.352 e. The van der Waals surface area contributed by atoms with E-state index in [1.165, 1.54) is 31.0 Å². The van der Waals surface area contributed by atoms with E-state index in [1.54, 1.807) is 4.57 Å². The molecule has 0 bridgehead atoms. The van der Waals surface area contributed by atoms with Crippen molar-refractivity contribution in [1.29, 1.82) is 0 Å². The summed E-state index contributed by atoms with van der Waals surface area (Å²) in [6.45, 7) is 6.20. The molecule has 0 aliphatic heterocycles. The lowest BCUT2D eigenvalue weighted by Gasteiger charge is -2.29. The van der Waals surface area contributed by atoms with Gasteiger partial charge in [0.15, 0.2) is 5.16 Å². The largest absolute Gasteiger partial charge is 0.352 e. The van der Waals surface area contributed by atoms with Crippen LogP contribution >= 0.6 is 11.8 Å². The second-order valence-electron chi connectivity index (χ2n) is 8.23. The monoisotopic (exact) mass is 429 g/mol. The molecule has 2 aromatic rings. The molecule has 1 aromatic carbocycles. The number of amides is 2. The summed E-state index contributed by atoms with van der Waals surface area (Å²) >= 11 is 1.35. The van der Waals surface area contributed by atoms with Crippen molar-refractivity contribution in [3.8, 4) is 0 Å². The zero-order chi connectivity index (χ0) is 21.7. The molecule has 1 fully saturated rings. The number of rotatable bonds is 7. The van der Waals surface area contributed by atoms with Crippen LogP contribution in [0.1, 0.15) is 49.6 Å². The van der Waals surface area contributed by atoms with Crippen molar-refractivity contribution in [3.63, 3.8) is 0 Å². The van der Waals surface area contributed by atoms with Crippen molar-refractivity contribution >= 4 is 29.3 Å². The maximum Gasteiger partial charge on any atom is 0.232 e. The molecule has 1 aliphatic carbocycles. The number of hydrogen-bond acceptors (Lipinski definition) is 5. The molecule has 7 nitrogen and oxygen atoms in total. The van der Waals surface area contributed by atoms with E-state index in [4.69, 9.17) is 0 Å². The topological polar surface area (TPSA) is 88.9 Å². The Bertz CT molecular complexity index is 911. The molecule has 1 saturated carbocycles. The summed E-state index contributed by atoms with van der Waals surface area (Å²) in [4.78, 5) is 24.8. The van der Waals surface area contributed by atoms with Gasteiger partial charge in [0.05, 0.1) is 12.2 Å². The molecule has 0 spiro atoms. The Balaban J connectivity index is 1.51. The van der Waals surface area contributed by atoms with Crippen LogP contribution in [0.15, 0.2) is 23.4 Å². The highest BCUT2D eigenvalue weighted by Gasteiger charge is 2.23. The number of anilines is 1. The Labute approximate surface area is 182 Å². The van der Waals surface area contributed by atoms with Crippen molar-refractivity contribution in [2.75, 3.05) is 11.1 Å². The van der Waals surface area contributed by atoms with Crippen LogP contribution in [-0.4, -0.2) is 38.4 Å². The fourth-order valence-electron chi connectivity index (χ4n) is 3.83. The zero-order valence-electron chi connectivity index (χ0n) is 18.2. The molecule has 0 saturated heterocycles. The molecule has 3 rings (SSSR count). The van der Waals surface area contributed by atoms with Crippen LogP contribution in [0.3, 0.4) is 0 Å². The van der Waals surface area contributed by atoms with Crippen LogP contribution in [0.2, 0.25) is 0 Å². The molecular formula is C22H31N5O2S. The number of aromatic nitrogens is 3. The van der Waals surface area contributed by atoms with Gasteiger partial charge in [0.1, 0.15) is 5.82 Å². The number of hydrogen-bond donors (Lipinski definition) is 2. The maximum absolute atomic E-state index is 12.4. The fraction of sp³-hybridized carbons (Fsp3) is 0.545.